The fourth-order valence-corrected chi connectivity index (χ4v) is 0.250. The van der Waals surface area contributed by atoms with Crippen molar-refractivity contribution in [3.05, 3.63) is 0 Å². The molecule has 1 aliphatic rings. The average Bonchev–Trinajstić information content (AvgIpc) is 1.61. The fraction of sp³-hybridized carbons (Fsp3) is 1.00. The van der Waals surface area contributed by atoms with Crippen LogP contribution < -0.4 is 5.73 Å². The molecule has 0 heterocycles. The van der Waals surface area contributed by atoms with Crippen LogP contribution in [0.5, 0.6) is 0 Å². The molecule has 1 nitrogen and oxygen atoms in total. The van der Waals surface area contributed by atoms with Crippen molar-refractivity contribution >= 4 is 0 Å². The maximum absolute atomic E-state index is 5.03. The molecule has 0 aromatic heterocycles. The molecule has 0 amide bonds. The van der Waals surface area contributed by atoms with Crippen LogP contribution in [0, 0.1) is 0 Å². The Balaban J connectivity index is 0.000000122. The molecule has 50 valence electrons. The van der Waals surface area contributed by atoms with Crippen molar-refractivity contribution in [3.63, 3.8) is 0 Å². The van der Waals surface area contributed by atoms with E-state index in [9.17, 15) is 0 Å². The lowest BCUT2D eigenvalue weighted by Gasteiger charge is -2.05. The maximum Gasteiger partial charge on any atom is -0.00799 e. The highest BCUT2D eigenvalue weighted by molar-refractivity contribution is 4.50. The molecule has 0 radical (unpaired) electrons. The predicted molar refractivity (Wildman–Crippen MR) is 37.8 cm³/mol. The van der Waals surface area contributed by atoms with Crippen LogP contribution in [0.25, 0.3) is 0 Å². The standard InChI is InChI=1S/C4H8.C3H9N/c1-2-4-3-1;1-2-3-4/h1-4H2;2-4H2,1H3. The van der Waals surface area contributed by atoms with Gasteiger partial charge in [-0.2, -0.15) is 0 Å². The Bertz CT molecular complexity index is 25.4. The van der Waals surface area contributed by atoms with E-state index in [1.54, 1.807) is 0 Å². The molecule has 0 aromatic carbocycles. The van der Waals surface area contributed by atoms with Crippen molar-refractivity contribution in [2.24, 2.45) is 5.73 Å². The van der Waals surface area contributed by atoms with Gasteiger partial charge in [0.15, 0.2) is 0 Å². The van der Waals surface area contributed by atoms with E-state index < -0.39 is 0 Å². The van der Waals surface area contributed by atoms with E-state index in [0.29, 0.717) is 0 Å². The van der Waals surface area contributed by atoms with Gasteiger partial charge in [-0.3, -0.25) is 0 Å². The second kappa shape index (κ2) is 6.96. The fourth-order valence-electron chi connectivity index (χ4n) is 0.250. The van der Waals surface area contributed by atoms with Crippen LogP contribution >= 0.6 is 0 Å². The smallest absolute Gasteiger partial charge is 0.00799 e. The van der Waals surface area contributed by atoms with Crippen molar-refractivity contribution in [1.82, 2.24) is 0 Å². The topological polar surface area (TPSA) is 26.0 Å². The molecule has 0 bridgehead atoms. The van der Waals surface area contributed by atoms with Crippen molar-refractivity contribution in [2.75, 3.05) is 6.54 Å². The van der Waals surface area contributed by atoms with Gasteiger partial charge >= 0.3 is 0 Å². The molecule has 0 spiro atoms. The van der Waals surface area contributed by atoms with Crippen LogP contribution in [0.3, 0.4) is 0 Å². The quantitative estimate of drug-likeness (QED) is 0.555. The lowest BCUT2D eigenvalue weighted by molar-refractivity contribution is 0.504. The molecule has 0 saturated heterocycles. The highest BCUT2D eigenvalue weighted by Crippen LogP contribution is 2.15. The van der Waals surface area contributed by atoms with Gasteiger partial charge in [-0.15, -0.1) is 0 Å². The summed E-state index contributed by atoms with van der Waals surface area (Å²) in [5.74, 6) is 0. The molecule has 1 heteroatoms. The second-order valence-electron chi connectivity index (χ2n) is 2.20. The van der Waals surface area contributed by atoms with Crippen LogP contribution in [0.15, 0.2) is 0 Å². The van der Waals surface area contributed by atoms with Crippen LogP contribution in [0.4, 0.5) is 0 Å². The molecule has 0 aliphatic heterocycles. The van der Waals surface area contributed by atoms with Gasteiger partial charge in [0, 0.05) is 0 Å². The summed E-state index contributed by atoms with van der Waals surface area (Å²) in [7, 11) is 0. The molecule has 1 aliphatic carbocycles. The van der Waals surface area contributed by atoms with Crippen LogP contribution in [0.2, 0.25) is 0 Å². The molecular weight excluding hydrogens is 98.1 g/mol. The molecule has 8 heavy (non-hydrogen) atoms. The zero-order valence-corrected chi connectivity index (χ0v) is 5.82. The number of rotatable bonds is 1. The predicted octanol–water partition coefficient (Wildman–Crippen LogP) is 1.92. The minimum absolute atomic E-state index is 0.819. The maximum atomic E-state index is 5.03. The molecule has 1 rings (SSSR count). The lowest BCUT2D eigenvalue weighted by atomic mass is 10.0. The Morgan fingerprint density at radius 1 is 1.12 bits per heavy atom. The van der Waals surface area contributed by atoms with Crippen molar-refractivity contribution in [3.8, 4) is 0 Å². The molecule has 0 aromatic rings. The second-order valence-corrected chi connectivity index (χ2v) is 2.20. The van der Waals surface area contributed by atoms with Crippen LogP contribution in [0.1, 0.15) is 39.0 Å². The SMILES string of the molecule is C1CCC1.CCCN. The normalized spacial score (nSPS) is 15.8. The summed E-state index contributed by atoms with van der Waals surface area (Å²) in [5, 5.41) is 0. The van der Waals surface area contributed by atoms with Gasteiger partial charge in [-0.1, -0.05) is 32.6 Å². The lowest BCUT2D eigenvalue weighted by Crippen LogP contribution is -1.93. The van der Waals surface area contributed by atoms with E-state index in [-0.39, 0.29) is 0 Å². The van der Waals surface area contributed by atoms with Gasteiger partial charge < -0.3 is 5.73 Å². The van der Waals surface area contributed by atoms with E-state index in [1.165, 1.54) is 25.7 Å². The average molecular weight is 115 g/mol. The zero-order valence-electron chi connectivity index (χ0n) is 5.82. The summed E-state index contributed by atoms with van der Waals surface area (Å²) in [6.07, 6.45) is 7.10. The van der Waals surface area contributed by atoms with Crippen LogP contribution in [-0.2, 0) is 0 Å². The third-order valence-electron chi connectivity index (χ3n) is 1.29. The summed E-state index contributed by atoms with van der Waals surface area (Å²) >= 11 is 0. The molecule has 1 fully saturated rings. The summed E-state index contributed by atoms with van der Waals surface area (Å²) in [4.78, 5) is 0. The molecule has 0 unspecified atom stereocenters. The van der Waals surface area contributed by atoms with Gasteiger partial charge in [0.25, 0.3) is 0 Å². The van der Waals surface area contributed by atoms with Gasteiger partial charge in [0.05, 0.1) is 0 Å². The van der Waals surface area contributed by atoms with Crippen molar-refractivity contribution in [2.45, 2.75) is 39.0 Å². The van der Waals surface area contributed by atoms with Gasteiger partial charge in [-0.25, -0.2) is 0 Å². The van der Waals surface area contributed by atoms with E-state index in [1.807, 2.05) is 0 Å². The van der Waals surface area contributed by atoms with Crippen LogP contribution in [-0.4, -0.2) is 6.54 Å². The molecule has 0 atom stereocenters. The summed E-state index contributed by atoms with van der Waals surface area (Å²) in [5.41, 5.74) is 5.03. The summed E-state index contributed by atoms with van der Waals surface area (Å²) in [6.45, 7) is 2.88. The summed E-state index contributed by atoms with van der Waals surface area (Å²) < 4.78 is 0. The first-order chi connectivity index (χ1) is 3.91. The molecule has 2 N–H and O–H groups in total. The Labute approximate surface area is 52.3 Å². The minimum atomic E-state index is 0.819. The van der Waals surface area contributed by atoms with E-state index >= 15 is 0 Å². The van der Waals surface area contributed by atoms with Crippen molar-refractivity contribution < 1.29 is 0 Å². The Morgan fingerprint density at radius 2 is 1.38 bits per heavy atom. The molecule has 1 saturated carbocycles. The van der Waals surface area contributed by atoms with E-state index in [4.69, 9.17) is 5.73 Å². The molecular formula is C7H17N. The van der Waals surface area contributed by atoms with Crippen molar-refractivity contribution in [1.29, 1.82) is 0 Å². The van der Waals surface area contributed by atoms with Gasteiger partial charge in [0.1, 0.15) is 0 Å². The largest absolute Gasteiger partial charge is 0.330 e. The zero-order chi connectivity index (χ0) is 6.24. The number of hydrogen-bond donors (Lipinski definition) is 1. The minimum Gasteiger partial charge on any atom is -0.330 e. The Hall–Kier alpha value is -0.0400. The van der Waals surface area contributed by atoms with E-state index in [2.05, 4.69) is 6.92 Å². The third-order valence-corrected chi connectivity index (χ3v) is 1.29. The first-order valence-electron chi connectivity index (χ1n) is 3.62. The first-order valence-corrected chi connectivity index (χ1v) is 3.62. The highest BCUT2D eigenvalue weighted by atomic mass is 14.5. The monoisotopic (exact) mass is 115 g/mol. The van der Waals surface area contributed by atoms with Gasteiger partial charge in [0.2, 0.25) is 0 Å². The Kier molecular flexibility index (Phi) is 6.93. The number of hydrogen-bond acceptors (Lipinski definition) is 1. The Morgan fingerprint density at radius 3 is 1.38 bits per heavy atom. The summed E-state index contributed by atoms with van der Waals surface area (Å²) in [6, 6.07) is 0. The van der Waals surface area contributed by atoms with E-state index in [0.717, 1.165) is 13.0 Å². The first kappa shape index (κ1) is 7.96. The number of nitrogens with two attached hydrogens (primary N) is 1. The third kappa shape index (κ3) is 5.96. The highest BCUT2D eigenvalue weighted by Gasteiger charge is 1.95. The van der Waals surface area contributed by atoms with Gasteiger partial charge in [-0.05, 0) is 13.0 Å².